The Bertz CT molecular complexity index is 756. The van der Waals surface area contributed by atoms with Crippen LogP contribution in [-0.2, 0) is 29.3 Å². The highest BCUT2D eigenvalue weighted by Crippen LogP contribution is 2.38. The summed E-state index contributed by atoms with van der Waals surface area (Å²) in [4.78, 5) is 40.9. The van der Waals surface area contributed by atoms with Crippen molar-refractivity contribution in [2.24, 2.45) is 0 Å². The van der Waals surface area contributed by atoms with E-state index in [4.69, 9.17) is 9.47 Å². The lowest BCUT2D eigenvalue weighted by Crippen LogP contribution is -2.57. The maximum absolute atomic E-state index is 13.8. The van der Waals surface area contributed by atoms with Gasteiger partial charge < -0.3 is 19.3 Å². The normalized spacial score (nSPS) is 21.3. The topological polar surface area (TPSA) is 76.2 Å². The highest BCUT2D eigenvalue weighted by molar-refractivity contribution is 5.90. The molecule has 2 heterocycles. The van der Waals surface area contributed by atoms with Gasteiger partial charge in [-0.3, -0.25) is 14.4 Å². The van der Waals surface area contributed by atoms with E-state index in [0.717, 1.165) is 5.56 Å². The SMILES string of the molecule is C=CC(=O)N1CCC(C(=O)N2CCOC(CC(=O)OC)C2)(c2ccccc2)CC1. The number of ether oxygens (including phenoxy) is 2. The molecule has 2 fully saturated rings. The first kappa shape index (κ1) is 21.0. The number of carbonyl (C=O) groups is 3. The highest BCUT2D eigenvalue weighted by Gasteiger charge is 2.46. The number of hydrogen-bond donors (Lipinski definition) is 0. The summed E-state index contributed by atoms with van der Waals surface area (Å²) >= 11 is 0. The molecule has 1 aromatic rings. The molecule has 0 radical (unpaired) electrons. The molecular weight excluding hydrogens is 372 g/mol. The van der Waals surface area contributed by atoms with Gasteiger partial charge in [-0.2, -0.15) is 0 Å². The first-order valence-electron chi connectivity index (χ1n) is 9.95. The summed E-state index contributed by atoms with van der Waals surface area (Å²) in [6.07, 6.45) is 2.18. The molecule has 3 rings (SSSR count). The van der Waals surface area contributed by atoms with Gasteiger partial charge in [-0.05, 0) is 24.5 Å². The van der Waals surface area contributed by atoms with Crippen LogP contribution in [0.3, 0.4) is 0 Å². The van der Waals surface area contributed by atoms with E-state index in [-0.39, 0.29) is 30.3 Å². The number of nitrogens with zero attached hydrogens (tertiary/aromatic N) is 2. The molecule has 0 saturated carbocycles. The van der Waals surface area contributed by atoms with Crippen molar-refractivity contribution in [1.82, 2.24) is 9.80 Å². The van der Waals surface area contributed by atoms with Gasteiger partial charge in [0.15, 0.2) is 0 Å². The van der Waals surface area contributed by atoms with E-state index >= 15 is 0 Å². The molecule has 2 aliphatic heterocycles. The molecule has 7 nitrogen and oxygen atoms in total. The smallest absolute Gasteiger partial charge is 0.308 e. The summed E-state index contributed by atoms with van der Waals surface area (Å²) < 4.78 is 10.4. The molecule has 1 unspecified atom stereocenters. The lowest BCUT2D eigenvalue weighted by Gasteiger charge is -2.45. The molecule has 2 amide bonds. The van der Waals surface area contributed by atoms with Crippen LogP contribution in [-0.4, -0.2) is 73.6 Å². The zero-order chi connectivity index (χ0) is 20.9. The number of methoxy groups -OCH3 is 1. The van der Waals surface area contributed by atoms with Gasteiger partial charge in [-0.1, -0.05) is 36.9 Å². The summed E-state index contributed by atoms with van der Waals surface area (Å²) in [7, 11) is 1.34. The Kier molecular flexibility index (Phi) is 6.69. The second-order valence-corrected chi connectivity index (χ2v) is 7.50. The molecule has 0 aliphatic carbocycles. The lowest BCUT2D eigenvalue weighted by molar-refractivity contribution is -0.154. The fraction of sp³-hybridized carbons (Fsp3) is 0.500. The van der Waals surface area contributed by atoms with Gasteiger partial charge in [0.25, 0.3) is 0 Å². The van der Waals surface area contributed by atoms with Crippen LogP contribution >= 0.6 is 0 Å². The molecule has 1 atom stereocenters. The molecule has 0 aromatic heterocycles. The second-order valence-electron chi connectivity index (χ2n) is 7.50. The number of amides is 2. The average molecular weight is 400 g/mol. The van der Waals surface area contributed by atoms with E-state index < -0.39 is 5.41 Å². The van der Waals surface area contributed by atoms with Crippen LogP contribution in [0.2, 0.25) is 0 Å². The van der Waals surface area contributed by atoms with Gasteiger partial charge in [0.2, 0.25) is 11.8 Å². The Morgan fingerprint density at radius 3 is 2.48 bits per heavy atom. The number of likely N-dealkylation sites (tertiary alicyclic amines) is 1. The summed E-state index contributed by atoms with van der Waals surface area (Å²) in [5, 5.41) is 0. The molecule has 0 N–H and O–H groups in total. The molecular formula is C22H28N2O5. The standard InChI is InChI=1S/C22H28N2O5/c1-3-19(25)23-11-9-22(10-12-23,17-7-5-4-6-8-17)21(27)24-13-14-29-18(16-24)15-20(26)28-2/h3-8,18H,1,9-16H2,2H3. The number of esters is 1. The zero-order valence-corrected chi connectivity index (χ0v) is 16.8. The number of benzene rings is 1. The summed E-state index contributed by atoms with van der Waals surface area (Å²) in [5.74, 6) is -0.422. The second kappa shape index (κ2) is 9.22. The number of rotatable bonds is 5. The maximum atomic E-state index is 13.8. The number of hydrogen-bond acceptors (Lipinski definition) is 5. The van der Waals surface area contributed by atoms with E-state index in [1.165, 1.54) is 13.2 Å². The summed E-state index contributed by atoms with van der Waals surface area (Å²) in [6.45, 7) is 5.80. The van der Waals surface area contributed by atoms with E-state index in [9.17, 15) is 14.4 Å². The van der Waals surface area contributed by atoms with E-state index in [1.807, 2.05) is 30.3 Å². The Morgan fingerprint density at radius 2 is 1.86 bits per heavy atom. The molecule has 7 heteroatoms. The first-order chi connectivity index (χ1) is 14.0. The largest absolute Gasteiger partial charge is 0.469 e. The third-order valence-electron chi connectivity index (χ3n) is 5.89. The molecule has 29 heavy (non-hydrogen) atoms. The van der Waals surface area contributed by atoms with Gasteiger partial charge in [0, 0.05) is 26.2 Å². The predicted molar refractivity (Wildman–Crippen MR) is 107 cm³/mol. The summed E-state index contributed by atoms with van der Waals surface area (Å²) in [6, 6.07) is 9.76. The van der Waals surface area contributed by atoms with Gasteiger partial charge in [0.05, 0.1) is 31.7 Å². The van der Waals surface area contributed by atoms with Crippen molar-refractivity contribution in [3.63, 3.8) is 0 Å². The van der Waals surface area contributed by atoms with Crippen molar-refractivity contribution in [1.29, 1.82) is 0 Å². The molecule has 0 bridgehead atoms. The Labute approximate surface area is 171 Å². The maximum Gasteiger partial charge on any atom is 0.308 e. The van der Waals surface area contributed by atoms with Crippen LogP contribution in [0.25, 0.3) is 0 Å². The molecule has 2 aliphatic rings. The fourth-order valence-corrected chi connectivity index (χ4v) is 4.22. The minimum Gasteiger partial charge on any atom is -0.469 e. The van der Waals surface area contributed by atoms with E-state index in [0.29, 0.717) is 45.6 Å². The van der Waals surface area contributed by atoms with Crippen molar-refractivity contribution in [2.45, 2.75) is 30.8 Å². The molecule has 2 saturated heterocycles. The molecule has 156 valence electrons. The van der Waals surface area contributed by atoms with Crippen LogP contribution in [0.4, 0.5) is 0 Å². The number of morpholine rings is 1. The Morgan fingerprint density at radius 1 is 1.17 bits per heavy atom. The summed E-state index contributed by atoms with van der Waals surface area (Å²) in [5.41, 5.74) is 0.276. The van der Waals surface area contributed by atoms with Crippen molar-refractivity contribution < 1.29 is 23.9 Å². The minimum absolute atomic E-state index is 0.0348. The third kappa shape index (κ3) is 4.50. The number of piperidine rings is 1. The minimum atomic E-state index is -0.688. The van der Waals surface area contributed by atoms with Gasteiger partial charge in [0.1, 0.15) is 0 Å². The highest BCUT2D eigenvalue weighted by atomic mass is 16.5. The first-order valence-corrected chi connectivity index (χ1v) is 9.95. The zero-order valence-electron chi connectivity index (χ0n) is 16.8. The number of carbonyl (C=O) groups excluding carboxylic acids is 3. The Hall–Kier alpha value is -2.67. The van der Waals surface area contributed by atoms with Crippen LogP contribution in [0.1, 0.15) is 24.8 Å². The van der Waals surface area contributed by atoms with Crippen LogP contribution < -0.4 is 0 Å². The third-order valence-corrected chi connectivity index (χ3v) is 5.89. The van der Waals surface area contributed by atoms with Crippen LogP contribution in [0, 0.1) is 0 Å². The van der Waals surface area contributed by atoms with Gasteiger partial charge in [-0.15, -0.1) is 0 Å². The van der Waals surface area contributed by atoms with E-state index in [2.05, 4.69) is 6.58 Å². The van der Waals surface area contributed by atoms with Crippen molar-refractivity contribution in [3.8, 4) is 0 Å². The van der Waals surface area contributed by atoms with Crippen molar-refractivity contribution in [3.05, 3.63) is 48.6 Å². The van der Waals surface area contributed by atoms with Gasteiger partial charge >= 0.3 is 5.97 Å². The fourth-order valence-electron chi connectivity index (χ4n) is 4.22. The van der Waals surface area contributed by atoms with Crippen molar-refractivity contribution in [2.75, 3.05) is 39.9 Å². The average Bonchev–Trinajstić information content (AvgIpc) is 2.78. The Balaban J connectivity index is 1.81. The van der Waals surface area contributed by atoms with Crippen LogP contribution in [0.15, 0.2) is 43.0 Å². The lowest BCUT2D eigenvalue weighted by atomic mass is 9.71. The predicted octanol–water partition coefficient (Wildman–Crippen LogP) is 1.52. The molecule has 1 aromatic carbocycles. The monoisotopic (exact) mass is 400 g/mol. The van der Waals surface area contributed by atoms with Gasteiger partial charge in [-0.25, -0.2) is 0 Å². The van der Waals surface area contributed by atoms with Crippen molar-refractivity contribution >= 4 is 17.8 Å². The quantitative estimate of drug-likeness (QED) is 0.553. The van der Waals surface area contributed by atoms with E-state index in [1.54, 1.807) is 9.80 Å². The van der Waals surface area contributed by atoms with Crippen LogP contribution in [0.5, 0.6) is 0 Å². The molecule has 0 spiro atoms.